The van der Waals surface area contributed by atoms with Crippen LogP contribution in [0, 0.1) is 0 Å². The van der Waals surface area contributed by atoms with Crippen LogP contribution in [0.15, 0.2) is 53.7 Å². The molecule has 15 heavy (non-hydrogen) atoms. The number of nitrogens with zero attached hydrogens (tertiary/aromatic N) is 1. The number of rotatable bonds is 3. The fraction of sp³-hybridized carbons (Fsp3) is 0.0833. The zero-order valence-electron chi connectivity index (χ0n) is 8.13. The first kappa shape index (κ1) is 10.1. The topological polar surface area (TPSA) is 33.1 Å². The molecule has 76 valence electrons. The van der Waals surface area contributed by atoms with Crippen LogP contribution in [0.5, 0.6) is 5.75 Å². The SMILES string of the molecule is Oc1ccc(SCc2cccnc2)cc1. The Morgan fingerprint density at radius 2 is 1.93 bits per heavy atom. The molecule has 0 amide bonds. The maximum absolute atomic E-state index is 9.12. The van der Waals surface area contributed by atoms with E-state index >= 15 is 0 Å². The molecule has 0 aliphatic heterocycles. The molecule has 2 rings (SSSR count). The highest BCUT2D eigenvalue weighted by molar-refractivity contribution is 7.98. The molecule has 0 unspecified atom stereocenters. The summed E-state index contributed by atoms with van der Waals surface area (Å²) in [6.45, 7) is 0. The van der Waals surface area contributed by atoms with Crippen LogP contribution < -0.4 is 0 Å². The molecule has 0 saturated carbocycles. The smallest absolute Gasteiger partial charge is 0.115 e. The van der Waals surface area contributed by atoms with Crippen molar-refractivity contribution in [1.29, 1.82) is 0 Å². The van der Waals surface area contributed by atoms with E-state index in [1.807, 2.05) is 24.4 Å². The minimum absolute atomic E-state index is 0.306. The molecule has 0 bridgehead atoms. The molecule has 0 spiro atoms. The van der Waals surface area contributed by atoms with Crippen LogP contribution in [-0.4, -0.2) is 10.1 Å². The van der Waals surface area contributed by atoms with Crippen molar-refractivity contribution in [3.05, 3.63) is 54.4 Å². The highest BCUT2D eigenvalue weighted by atomic mass is 32.2. The summed E-state index contributed by atoms with van der Waals surface area (Å²) >= 11 is 1.73. The van der Waals surface area contributed by atoms with E-state index < -0.39 is 0 Å². The third-order valence-electron chi connectivity index (χ3n) is 1.97. The summed E-state index contributed by atoms with van der Waals surface area (Å²) in [5.74, 6) is 1.21. The first-order chi connectivity index (χ1) is 7.34. The Kier molecular flexibility index (Phi) is 3.25. The van der Waals surface area contributed by atoms with Crippen LogP contribution in [0.4, 0.5) is 0 Å². The van der Waals surface area contributed by atoms with Gasteiger partial charge in [0.15, 0.2) is 0 Å². The van der Waals surface area contributed by atoms with E-state index in [4.69, 9.17) is 5.11 Å². The summed E-state index contributed by atoms with van der Waals surface area (Å²) < 4.78 is 0. The van der Waals surface area contributed by atoms with Gasteiger partial charge >= 0.3 is 0 Å². The lowest BCUT2D eigenvalue weighted by molar-refractivity contribution is 0.475. The number of hydrogen-bond donors (Lipinski definition) is 1. The highest BCUT2D eigenvalue weighted by Gasteiger charge is 1.96. The van der Waals surface area contributed by atoms with E-state index in [2.05, 4.69) is 11.1 Å². The molecule has 0 aliphatic rings. The van der Waals surface area contributed by atoms with Gasteiger partial charge in [0.25, 0.3) is 0 Å². The van der Waals surface area contributed by atoms with Crippen LogP contribution in [0.1, 0.15) is 5.56 Å². The maximum atomic E-state index is 9.12. The number of aromatic hydroxyl groups is 1. The van der Waals surface area contributed by atoms with Gasteiger partial charge in [-0.05, 0) is 35.9 Å². The summed E-state index contributed by atoms with van der Waals surface area (Å²) in [6.07, 6.45) is 3.64. The largest absolute Gasteiger partial charge is 0.508 e. The first-order valence-corrected chi connectivity index (χ1v) is 5.64. The second kappa shape index (κ2) is 4.84. The average Bonchev–Trinajstić information content (AvgIpc) is 2.30. The van der Waals surface area contributed by atoms with Crippen molar-refractivity contribution in [3.8, 4) is 5.75 Å². The molecule has 0 radical (unpaired) electrons. The van der Waals surface area contributed by atoms with Crippen LogP contribution in [0.2, 0.25) is 0 Å². The third-order valence-corrected chi connectivity index (χ3v) is 3.05. The van der Waals surface area contributed by atoms with Crippen molar-refractivity contribution in [1.82, 2.24) is 4.98 Å². The Bertz CT molecular complexity index is 413. The van der Waals surface area contributed by atoms with Gasteiger partial charge in [-0.15, -0.1) is 11.8 Å². The molecule has 0 aliphatic carbocycles. The molecule has 1 aromatic heterocycles. The normalized spacial score (nSPS) is 10.1. The van der Waals surface area contributed by atoms with Gasteiger partial charge in [0.1, 0.15) is 5.75 Å². The second-order valence-electron chi connectivity index (χ2n) is 3.14. The average molecular weight is 217 g/mol. The summed E-state index contributed by atoms with van der Waals surface area (Å²) in [5, 5.41) is 9.12. The lowest BCUT2D eigenvalue weighted by Crippen LogP contribution is -1.81. The standard InChI is InChI=1S/C12H11NOS/c14-11-3-5-12(6-4-11)15-9-10-2-1-7-13-8-10/h1-8,14H,9H2. The molecule has 0 fully saturated rings. The van der Waals surface area contributed by atoms with E-state index in [0.717, 1.165) is 10.6 Å². The number of pyridine rings is 1. The van der Waals surface area contributed by atoms with Gasteiger partial charge < -0.3 is 5.11 Å². The molecular weight excluding hydrogens is 206 g/mol. The van der Waals surface area contributed by atoms with Gasteiger partial charge in [-0.3, -0.25) is 4.98 Å². The predicted molar refractivity (Wildman–Crippen MR) is 61.9 cm³/mol. The number of aromatic nitrogens is 1. The number of hydrogen-bond acceptors (Lipinski definition) is 3. The third kappa shape index (κ3) is 2.99. The fourth-order valence-corrected chi connectivity index (χ4v) is 2.03. The molecule has 2 nitrogen and oxygen atoms in total. The Balaban J connectivity index is 1.96. The molecule has 0 saturated heterocycles. The maximum Gasteiger partial charge on any atom is 0.115 e. The van der Waals surface area contributed by atoms with E-state index in [1.54, 1.807) is 30.1 Å². The van der Waals surface area contributed by atoms with Crippen LogP contribution in [0.25, 0.3) is 0 Å². The summed E-state index contributed by atoms with van der Waals surface area (Å²) in [5.41, 5.74) is 1.20. The number of benzene rings is 1. The molecule has 0 atom stereocenters. The molecule has 2 aromatic rings. The van der Waals surface area contributed by atoms with Crippen molar-refractivity contribution in [2.24, 2.45) is 0 Å². The van der Waals surface area contributed by atoms with E-state index in [9.17, 15) is 0 Å². The Morgan fingerprint density at radius 1 is 1.13 bits per heavy atom. The summed E-state index contributed by atoms with van der Waals surface area (Å²) in [4.78, 5) is 5.21. The lowest BCUT2D eigenvalue weighted by atomic mass is 10.3. The molecule has 3 heteroatoms. The van der Waals surface area contributed by atoms with Crippen molar-refractivity contribution in [2.75, 3.05) is 0 Å². The van der Waals surface area contributed by atoms with Crippen molar-refractivity contribution >= 4 is 11.8 Å². The zero-order valence-corrected chi connectivity index (χ0v) is 8.95. The summed E-state index contributed by atoms with van der Waals surface area (Å²) in [6, 6.07) is 11.2. The van der Waals surface area contributed by atoms with E-state index in [0.29, 0.717) is 5.75 Å². The van der Waals surface area contributed by atoms with Gasteiger partial charge in [-0.1, -0.05) is 6.07 Å². The Morgan fingerprint density at radius 3 is 2.60 bits per heavy atom. The Labute approximate surface area is 93.0 Å². The van der Waals surface area contributed by atoms with Crippen molar-refractivity contribution in [3.63, 3.8) is 0 Å². The number of phenolic OH excluding ortho intramolecular Hbond substituents is 1. The first-order valence-electron chi connectivity index (χ1n) is 4.65. The number of phenols is 1. The Hall–Kier alpha value is -1.48. The van der Waals surface area contributed by atoms with Gasteiger partial charge in [0.05, 0.1) is 0 Å². The van der Waals surface area contributed by atoms with Crippen molar-refractivity contribution in [2.45, 2.75) is 10.6 Å². The van der Waals surface area contributed by atoms with Gasteiger partial charge in [-0.2, -0.15) is 0 Å². The van der Waals surface area contributed by atoms with Gasteiger partial charge in [-0.25, -0.2) is 0 Å². The fourth-order valence-electron chi connectivity index (χ4n) is 1.19. The lowest BCUT2D eigenvalue weighted by Gasteiger charge is -2.01. The van der Waals surface area contributed by atoms with E-state index in [1.165, 1.54) is 5.56 Å². The quantitative estimate of drug-likeness (QED) is 0.802. The second-order valence-corrected chi connectivity index (χ2v) is 4.19. The molecular formula is C12H11NOS. The minimum atomic E-state index is 0.306. The van der Waals surface area contributed by atoms with Gasteiger partial charge in [0.2, 0.25) is 0 Å². The number of thioether (sulfide) groups is 1. The van der Waals surface area contributed by atoms with Crippen molar-refractivity contribution < 1.29 is 5.11 Å². The predicted octanol–water partition coefficient (Wildman–Crippen LogP) is 3.08. The van der Waals surface area contributed by atoms with Gasteiger partial charge in [0, 0.05) is 23.0 Å². The van der Waals surface area contributed by atoms with Crippen LogP contribution in [-0.2, 0) is 5.75 Å². The monoisotopic (exact) mass is 217 g/mol. The van der Waals surface area contributed by atoms with Crippen LogP contribution >= 0.6 is 11.8 Å². The highest BCUT2D eigenvalue weighted by Crippen LogP contribution is 2.23. The molecule has 1 heterocycles. The van der Waals surface area contributed by atoms with E-state index in [-0.39, 0.29) is 0 Å². The zero-order chi connectivity index (χ0) is 10.5. The summed E-state index contributed by atoms with van der Waals surface area (Å²) in [7, 11) is 0. The molecule has 1 aromatic carbocycles. The van der Waals surface area contributed by atoms with Crippen LogP contribution in [0.3, 0.4) is 0 Å². The minimum Gasteiger partial charge on any atom is -0.508 e. The molecule has 1 N–H and O–H groups in total.